The third-order valence-corrected chi connectivity index (χ3v) is 2.62. The molecule has 0 fully saturated rings. The number of fused-ring (bicyclic) bond motifs is 2. The fourth-order valence-electron chi connectivity index (χ4n) is 1.84. The second-order valence-corrected chi connectivity index (χ2v) is 3.76. The molecule has 0 bridgehead atoms. The van der Waals surface area contributed by atoms with E-state index in [0.29, 0.717) is 10.9 Å². The van der Waals surface area contributed by atoms with Crippen LogP contribution in [0.5, 0.6) is 5.75 Å². The number of pyridine rings is 1. The number of hydrogen-bond acceptors (Lipinski definition) is 3. The number of hydrogen-bond donors (Lipinski definition) is 0. The Morgan fingerprint density at radius 1 is 1.22 bits per heavy atom. The molecular weight excluding hydrogens is 245 g/mol. The maximum absolute atomic E-state index is 12.8. The summed E-state index contributed by atoms with van der Waals surface area (Å²) in [4.78, 5) is 4.29. The van der Waals surface area contributed by atoms with Gasteiger partial charge in [-0.1, -0.05) is 6.07 Å². The smallest absolute Gasteiger partial charge is 0.461 e. The average Bonchev–Trinajstić information content (AvgIpc) is 2.34. The van der Waals surface area contributed by atoms with Crippen molar-refractivity contribution in [1.29, 1.82) is 0 Å². The second-order valence-electron chi connectivity index (χ2n) is 3.76. The van der Waals surface area contributed by atoms with E-state index in [4.69, 9.17) is 4.74 Å². The van der Waals surface area contributed by atoms with Gasteiger partial charge in [0.1, 0.15) is 6.26 Å². The molecule has 3 nitrogen and oxygen atoms in total. The van der Waals surface area contributed by atoms with Crippen molar-refractivity contribution in [3.63, 3.8) is 0 Å². The molecule has 0 aliphatic carbocycles. The summed E-state index contributed by atoms with van der Waals surface area (Å²) in [5.74, 6) is 0.140. The van der Waals surface area contributed by atoms with Crippen molar-refractivity contribution < 1.29 is 17.9 Å². The minimum Gasteiger partial charge on any atom is -0.461 e. The van der Waals surface area contributed by atoms with Crippen LogP contribution in [0.25, 0.3) is 10.9 Å². The van der Waals surface area contributed by atoms with E-state index < -0.39 is 6.30 Å². The molecule has 2 heterocycles. The van der Waals surface area contributed by atoms with E-state index in [0.717, 1.165) is 12.5 Å². The summed E-state index contributed by atoms with van der Waals surface area (Å²) in [6.45, 7) is 0. The van der Waals surface area contributed by atoms with E-state index in [1.54, 1.807) is 18.3 Å². The maximum atomic E-state index is 12.8. The van der Waals surface area contributed by atoms with Crippen LogP contribution in [0.2, 0.25) is 0 Å². The summed E-state index contributed by atoms with van der Waals surface area (Å²) in [6.07, 6.45) is -1.05. The van der Waals surface area contributed by atoms with Gasteiger partial charge in [-0.2, -0.15) is 0 Å². The Morgan fingerprint density at radius 2 is 2.06 bits per heavy atom. The first-order chi connectivity index (χ1) is 8.55. The molecule has 1 aromatic carbocycles. The summed E-state index contributed by atoms with van der Waals surface area (Å²) >= 11 is 0. The van der Waals surface area contributed by atoms with Crippen LogP contribution >= 0.6 is 0 Å². The molecule has 0 spiro atoms. The average molecular weight is 252 g/mol. The first kappa shape index (κ1) is 10.9. The van der Waals surface area contributed by atoms with Crippen molar-refractivity contribution in [3.05, 3.63) is 42.9 Å². The van der Waals surface area contributed by atoms with Crippen LogP contribution in [0, 0.1) is 0 Å². The van der Waals surface area contributed by atoms with Crippen LogP contribution in [0.1, 0.15) is 0 Å². The van der Waals surface area contributed by atoms with Crippen LogP contribution in [0.4, 0.5) is 18.9 Å². The zero-order chi connectivity index (χ0) is 12.8. The third kappa shape index (κ3) is 1.66. The molecule has 6 heteroatoms. The molecule has 92 valence electrons. The molecule has 0 unspecified atom stereocenters. The Morgan fingerprint density at radius 3 is 2.83 bits per heavy atom. The summed E-state index contributed by atoms with van der Waals surface area (Å²) in [6, 6.07) is 6.28. The lowest BCUT2D eigenvalue weighted by molar-refractivity contribution is -0.122. The van der Waals surface area contributed by atoms with E-state index in [2.05, 4.69) is 4.98 Å². The number of anilines is 1. The molecule has 0 saturated heterocycles. The van der Waals surface area contributed by atoms with E-state index in [-0.39, 0.29) is 16.3 Å². The summed E-state index contributed by atoms with van der Waals surface area (Å²) in [5.41, 5.74) is 0.555. The van der Waals surface area contributed by atoms with Crippen LogP contribution in [-0.2, 0) is 0 Å². The molecule has 1 aliphatic rings. The molecule has 0 radical (unpaired) electrons. The quantitative estimate of drug-likeness (QED) is 0.672. The number of rotatable bonds is 0. The lowest BCUT2D eigenvalue weighted by Gasteiger charge is -2.27. The summed E-state index contributed by atoms with van der Waals surface area (Å²) in [7, 11) is 0. The molecule has 0 N–H and O–H groups in total. The molecule has 1 aromatic heterocycles. The van der Waals surface area contributed by atoms with Gasteiger partial charge in [-0.25, -0.2) is 0 Å². The van der Waals surface area contributed by atoms with Crippen LogP contribution in [0.3, 0.4) is 0 Å². The number of halogens is 3. The Hall–Kier alpha value is -2.24. The molecule has 2 aromatic rings. The van der Waals surface area contributed by atoms with Crippen LogP contribution in [-0.4, -0.2) is 11.3 Å². The molecule has 18 heavy (non-hydrogen) atoms. The Labute approximate surface area is 100 Å². The van der Waals surface area contributed by atoms with E-state index in [1.807, 2.05) is 0 Å². The summed E-state index contributed by atoms with van der Waals surface area (Å²) < 4.78 is 43.6. The van der Waals surface area contributed by atoms with Gasteiger partial charge in [0.05, 0.1) is 11.2 Å². The van der Waals surface area contributed by atoms with Crippen molar-refractivity contribution in [2.45, 2.75) is 6.30 Å². The van der Waals surface area contributed by atoms with E-state index in [1.165, 1.54) is 12.1 Å². The molecule has 0 amide bonds. The summed E-state index contributed by atoms with van der Waals surface area (Å²) in [5, 5.41) is 0.629. The molecule has 0 atom stereocenters. The zero-order valence-electron chi connectivity index (χ0n) is 8.98. The second kappa shape index (κ2) is 3.63. The van der Waals surface area contributed by atoms with Crippen molar-refractivity contribution >= 4 is 16.6 Å². The van der Waals surface area contributed by atoms with Crippen LogP contribution < -0.4 is 9.64 Å². The first-order valence-corrected chi connectivity index (χ1v) is 5.14. The zero-order valence-corrected chi connectivity index (χ0v) is 8.98. The predicted molar refractivity (Wildman–Crippen MR) is 60.0 cm³/mol. The third-order valence-electron chi connectivity index (χ3n) is 2.62. The van der Waals surface area contributed by atoms with Crippen molar-refractivity contribution in [1.82, 2.24) is 4.98 Å². The highest BCUT2D eigenvalue weighted by Crippen LogP contribution is 2.40. The maximum Gasteiger partial charge on any atom is 0.489 e. The highest BCUT2D eigenvalue weighted by molar-refractivity contribution is 5.86. The van der Waals surface area contributed by atoms with Gasteiger partial charge in [0.2, 0.25) is 0 Å². The van der Waals surface area contributed by atoms with Crippen molar-refractivity contribution in [2.24, 2.45) is 0 Å². The topological polar surface area (TPSA) is 25.4 Å². The number of aromatic nitrogens is 1. The standard InChI is InChI=1S/C12H7F3N2O/c13-12(14,15)17-4-5-18-11-7-9-8(6-10(11)17)2-1-3-16-9/h1-7H. The van der Waals surface area contributed by atoms with Gasteiger partial charge in [0.15, 0.2) is 5.75 Å². The number of alkyl halides is 3. The molecular formula is C12H7F3N2O. The van der Waals surface area contributed by atoms with Gasteiger partial charge in [0, 0.05) is 23.8 Å². The lowest BCUT2D eigenvalue weighted by Crippen LogP contribution is -2.34. The molecule has 3 rings (SSSR count). The van der Waals surface area contributed by atoms with E-state index >= 15 is 0 Å². The Balaban J connectivity index is 2.22. The first-order valence-electron chi connectivity index (χ1n) is 5.14. The largest absolute Gasteiger partial charge is 0.489 e. The van der Waals surface area contributed by atoms with Gasteiger partial charge in [-0.3, -0.25) is 9.88 Å². The SMILES string of the molecule is FC(F)(F)N1C=COc2cc3ncccc3cc21. The minimum atomic E-state index is -4.48. The lowest BCUT2D eigenvalue weighted by atomic mass is 10.1. The highest BCUT2D eigenvalue weighted by atomic mass is 19.4. The Bertz CT molecular complexity index is 637. The Kier molecular flexibility index (Phi) is 2.19. The predicted octanol–water partition coefficient (Wildman–Crippen LogP) is 3.42. The number of benzene rings is 1. The van der Waals surface area contributed by atoms with Gasteiger partial charge >= 0.3 is 6.30 Å². The van der Waals surface area contributed by atoms with Crippen LogP contribution in [0.15, 0.2) is 42.9 Å². The van der Waals surface area contributed by atoms with Crippen molar-refractivity contribution in [2.75, 3.05) is 4.90 Å². The fraction of sp³-hybridized carbons (Fsp3) is 0.0833. The number of nitrogens with zero attached hydrogens (tertiary/aromatic N) is 2. The number of ether oxygens (including phenoxy) is 1. The highest BCUT2D eigenvalue weighted by Gasteiger charge is 2.39. The van der Waals surface area contributed by atoms with Gasteiger partial charge in [0.25, 0.3) is 0 Å². The monoisotopic (exact) mass is 252 g/mol. The van der Waals surface area contributed by atoms with Gasteiger partial charge in [-0.05, 0) is 12.1 Å². The fourth-order valence-corrected chi connectivity index (χ4v) is 1.84. The van der Waals surface area contributed by atoms with E-state index in [9.17, 15) is 13.2 Å². The molecule has 0 saturated carbocycles. The van der Waals surface area contributed by atoms with Crippen molar-refractivity contribution in [3.8, 4) is 5.75 Å². The normalized spacial score (nSPS) is 14.5. The molecule has 1 aliphatic heterocycles. The van der Waals surface area contributed by atoms with Gasteiger partial charge in [-0.15, -0.1) is 13.2 Å². The van der Waals surface area contributed by atoms with Gasteiger partial charge < -0.3 is 4.74 Å². The minimum absolute atomic E-state index is 0.0366.